The molecule has 0 saturated carbocycles. The maximum atomic E-state index is 12.8. The predicted molar refractivity (Wildman–Crippen MR) is 97.1 cm³/mol. The molecule has 0 radical (unpaired) electrons. The summed E-state index contributed by atoms with van der Waals surface area (Å²) in [7, 11) is 2.05. The number of fused-ring (bicyclic) bond motifs is 1. The van der Waals surface area contributed by atoms with Gasteiger partial charge in [0.15, 0.2) is 0 Å². The summed E-state index contributed by atoms with van der Waals surface area (Å²) < 4.78 is 5.28. The van der Waals surface area contributed by atoms with Gasteiger partial charge in [-0.2, -0.15) is 0 Å². The van der Waals surface area contributed by atoms with Crippen LogP contribution in [0.2, 0.25) is 0 Å². The molecule has 1 amide bonds. The number of carbonyl (C=O) groups excluding carboxylic acids is 1. The van der Waals surface area contributed by atoms with Crippen molar-refractivity contribution in [3.8, 4) is 0 Å². The highest BCUT2D eigenvalue weighted by molar-refractivity contribution is 6.07. The number of rotatable bonds is 2. The van der Waals surface area contributed by atoms with Crippen molar-refractivity contribution >= 4 is 42.1 Å². The first-order valence-electron chi connectivity index (χ1n) is 7.10. The Morgan fingerprint density at radius 2 is 1.91 bits per heavy atom. The van der Waals surface area contributed by atoms with Gasteiger partial charge in [-0.1, -0.05) is 12.1 Å². The lowest BCUT2D eigenvalue weighted by Gasteiger charge is -2.23. The fraction of sp³-hybridized carbons (Fsp3) is 0.312. The van der Waals surface area contributed by atoms with Gasteiger partial charge < -0.3 is 20.0 Å². The van der Waals surface area contributed by atoms with E-state index >= 15 is 0 Å². The number of halogens is 2. The molecule has 23 heavy (non-hydrogen) atoms. The fourth-order valence-corrected chi connectivity index (χ4v) is 2.69. The quantitative estimate of drug-likeness (QED) is 0.896. The summed E-state index contributed by atoms with van der Waals surface area (Å²) in [5.41, 5.74) is 8.10. The Bertz CT molecular complexity index is 660. The third-order valence-electron chi connectivity index (χ3n) is 3.81. The highest BCUT2D eigenvalue weighted by Crippen LogP contribution is 2.32. The molecule has 0 spiro atoms. The van der Waals surface area contributed by atoms with Crippen LogP contribution >= 0.6 is 24.8 Å². The summed E-state index contributed by atoms with van der Waals surface area (Å²) in [6.45, 7) is 1.93. The summed E-state index contributed by atoms with van der Waals surface area (Å²) in [5, 5.41) is 0. The smallest absolute Gasteiger partial charge is 0.261 e. The van der Waals surface area contributed by atoms with Gasteiger partial charge in [0, 0.05) is 20.1 Å². The molecule has 1 aromatic heterocycles. The molecule has 1 aromatic carbocycles. The van der Waals surface area contributed by atoms with Crippen LogP contribution in [-0.4, -0.2) is 26.0 Å². The van der Waals surface area contributed by atoms with Crippen molar-refractivity contribution in [1.29, 1.82) is 0 Å². The van der Waals surface area contributed by atoms with Crippen molar-refractivity contribution in [3.63, 3.8) is 0 Å². The van der Waals surface area contributed by atoms with Gasteiger partial charge in [0.25, 0.3) is 5.91 Å². The average molecular weight is 358 g/mol. The van der Waals surface area contributed by atoms with Crippen LogP contribution < -0.4 is 15.5 Å². The number of anilines is 2. The van der Waals surface area contributed by atoms with Gasteiger partial charge >= 0.3 is 0 Å². The number of amides is 1. The van der Waals surface area contributed by atoms with Gasteiger partial charge in [-0.3, -0.25) is 4.79 Å². The highest BCUT2D eigenvalue weighted by atomic mass is 35.5. The summed E-state index contributed by atoms with van der Waals surface area (Å²) in [6, 6.07) is 9.70. The normalized spacial score (nSPS) is 13.5. The maximum absolute atomic E-state index is 12.8. The van der Waals surface area contributed by atoms with Crippen LogP contribution in [0.15, 0.2) is 41.0 Å². The van der Waals surface area contributed by atoms with Gasteiger partial charge in [0.05, 0.1) is 23.5 Å². The Morgan fingerprint density at radius 1 is 1.22 bits per heavy atom. The van der Waals surface area contributed by atoms with E-state index in [0.29, 0.717) is 24.4 Å². The molecule has 3 rings (SSSR count). The molecule has 0 saturated heterocycles. The zero-order valence-corrected chi connectivity index (χ0v) is 14.5. The number of hydrogen-bond donors (Lipinski definition) is 1. The zero-order valence-electron chi connectivity index (χ0n) is 12.9. The van der Waals surface area contributed by atoms with Crippen molar-refractivity contribution in [2.24, 2.45) is 5.73 Å². The molecule has 0 aliphatic carbocycles. The van der Waals surface area contributed by atoms with Crippen molar-refractivity contribution < 1.29 is 9.21 Å². The van der Waals surface area contributed by atoms with E-state index in [0.717, 1.165) is 24.3 Å². The first kappa shape index (κ1) is 19.4. The molecular formula is C16H21Cl2N3O2. The van der Waals surface area contributed by atoms with E-state index in [1.54, 1.807) is 6.07 Å². The lowest BCUT2D eigenvalue weighted by atomic mass is 10.2. The monoisotopic (exact) mass is 357 g/mol. The molecule has 0 fully saturated rings. The largest absolute Gasteiger partial charge is 0.467 e. The van der Waals surface area contributed by atoms with Crippen LogP contribution in [0, 0.1) is 0 Å². The summed E-state index contributed by atoms with van der Waals surface area (Å²) in [4.78, 5) is 16.8. The van der Waals surface area contributed by atoms with E-state index in [1.807, 2.05) is 29.2 Å². The second-order valence-electron chi connectivity index (χ2n) is 5.23. The van der Waals surface area contributed by atoms with Crippen LogP contribution in [0.5, 0.6) is 0 Å². The molecule has 5 nitrogen and oxygen atoms in total. The number of nitrogens with two attached hydrogens (primary N) is 1. The fourth-order valence-electron chi connectivity index (χ4n) is 2.69. The number of carbonyl (C=O) groups is 1. The predicted octanol–water partition coefficient (Wildman–Crippen LogP) is 3.07. The third kappa shape index (κ3) is 3.80. The summed E-state index contributed by atoms with van der Waals surface area (Å²) in [5.74, 6) is 0.583. The lowest BCUT2D eigenvalue weighted by Crippen LogP contribution is -2.31. The Labute approximate surface area is 148 Å². The maximum Gasteiger partial charge on any atom is 0.261 e. The number of nitrogens with zero attached hydrogens (tertiary/aromatic N) is 2. The highest BCUT2D eigenvalue weighted by Gasteiger charge is 2.25. The number of benzene rings is 1. The van der Waals surface area contributed by atoms with Crippen LogP contribution in [0.4, 0.5) is 11.4 Å². The lowest BCUT2D eigenvalue weighted by molar-refractivity contribution is 0.0986. The van der Waals surface area contributed by atoms with Crippen molar-refractivity contribution in [2.75, 3.05) is 29.9 Å². The van der Waals surface area contributed by atoms with E-state index in [4.69, 9.17) is 10.2 Å². The van der Waals surface area contributed by atoms with E-state index in [1.165, 1.54) is 6.26 Å². The average Bonchev–Trinajstić information content (AvgIpc) is 2.93. The van der Waals surface area contributed by atoms with E-state index in [2.05, 4.69) is 11.9 Å². The minimum Gasteiger partial charge on any atom is -0.467 e. The topological polar surface area (TPSA) is 62.7 Å². The Kier molecular flexibility index (Phi) is 6.94. The number of para-hydroxylation sites is 2. The van der Waals surface area contributed by atoms with Crippen LogP contribution in [0.3, 0.4) is 0 Å². The van der Waals surface area contributed by atoms with Crippen molar-refractivity contribution in [1.82, 2.24) is 0 Å². The zero-order chi connectivity index (χ0) is 14.8. The molecular weight excluding hydrogens is 337 g/mol. The second-order valence-corrected chi connectivity index (χ2v) is 5.23. The summed E-state index contributed by atoms with van der Waals surface area (Å²) in [6.07, 6.45) is 2.42. The first-order chi connectivity index (χ1) is 10.2. The van der Waals surface area contributed by atoms with Gasteiger partial charge in [0.2, 0.25) is 0 Å². The standard InChI is InChI=1S/C16H19N3O2.2ClH/c1-18-7-4-8-19(15-6-3-2-5-14(15)18)16(20)12-9-13(10-17)21-11-12;;/h2-3,5-6,9,11H,4,7-8,10,17H2,1H3;2*1H. The molecule has 126 valence electrons. The molecule has 0 atom stereocenters. The second kappa shape index (κ2) is 8.24. The minimum atomic E-state index is -0.0406. The number of furan rings is 1. The van der Waals surface area contributed by atoms with E-state index < -0.39 is 0 Å². The van der Waals surface area contributed by atoms with Crippen molar-refractivity contribution in [2.45, 2.75) is 13.0 Å². The Morgan fingerprint density at radius 3 is 2.57 bits per heavy atom. The molecule has 0 bridgehead atoms. The van der Waals surface area contributed by atoms with Gasteiger partial charge in [-0.15, -0.1) is 24.8 Å². The molecule has 0 unspecified atom stereocenters. The third-order valence-corrected chi connectivity index (χ3v) is 3.81. The molecule has 2 heterocycles. The van der Waals surface area contributed by atoms with Crippen LogP contribution in [0.1, 0.15) is 22.5 Å². The van der Waals surface area contributed by atoms with Crippen molar-refractivity contribution in [3.05, 3.63) is 47.9 Å². The Hall–Kier alpha value is -1.69. The molecule has 1 aliphatic rings. The number of hydrogen-bond acceptors (Lipinski definition) is 4. The van der Waals surface area contributed by atoms with Gasteiger partial charge in [-0.25, -0.2) is 0 Å². The van der Waals surface area contributed by atoms with Crippen LogP contribution in [-0.2, 0) is 6.54 Å². The first-order valence-corrected chi connectivity index (χ1v) is 7.10. The molecule has 2 N–H and O–H groups in total. The van der Waals surface area contributed by atoms with E-state index in [-0.39, 0.29) is 30.7 Å². The summed E-state index contributed by atoms with van der Waals surface area (Å²) >= 11 is 0. The minimum absolute atomic E-state index is 0. The molecule has 1 aliphatic heterocycles. The SMILES string of the molecule is CN1CCCN(C(=O)c2coc(CN)c2)c2ccccc21.Cl.Cl. The Balaban J connectivity index is 0.00000132. The van der Waals surface area contributed by atoms with Crippen LogP contribution in [0.25, 0.3) is 0 Å². The van der Waals surface area contributed by atoms with Gasteiger partial charge in [-0.05, 0) is 24.6 Å². The van der Waals surface area contributed by atoms with Gasteiger partial charge in [0.1, 0.15) is 12.0 Å². The molecule has 2 aromatic rings. The molecule has 7 heteroatoms. The van der Waals surface area contributed by atoms with E-state index in [9.17, 15) is 4.79 Å².